The summed E-state index contributed by atoms with van der Waals surface area (Å²) < 4.78 is 0. The molecule has 2 saturated heterocycles. The number of nitrogens with zero attached hydrogens (tertiary/aromatic N) is 2. The maximum Gasteiger partial charge on any atom is 0.337 e. The van der Waals surface area contributed by atoms with E-state index in [1.165, 1.54) is 0 Å². The van der Waals surface area contributed by atoms with Gasteiger partial charge in [0, 0.05) is 16.8 Å². The number of anilines is 2. The van der Waals surface area contributed by atoms with Crippen LogP contribution in [0, 0.1) is 0 Å². The summed E-state index contributed by atoms with van der Waals surface area (Å²) in [5, 5.41) is 18.6. The third kappa shape index (κ3) is 5.46. The monoisotopic (exact) mass is 613 g/mol. The molecule has 2 heterocycles. The molecule has 0 atom stereocenters. The molecule has 11 heteroatoms. The molecule has 6 rings (SSSR count). The predicted molar refractivity (Wildman–Crippen MR) is 149 cm³/mol. The van der Waals surface area contributed by atoms with Crippen molar-refractivity contribution in [1.29, 1.82) is 0 Å². The van der Waals surface area contributed by atoms with Gasteiger partial charge in [-0.3, -0.25) is 19.4 Å². The molecule has 8 nitrogen and oxygen atoms in total. The molecule has 2 amide bonds. The van der Waals surface area contributed by atoms with Crippen LogP contribution >= 0.6 is 23.5 Å². The van der Waals surface area contributed by atoms with E-state index in [-0.39, 0.29) is 49.5 Å². The largest absolute Gasteiger partial charge is 0.478 e. The zero-order chi connectivity index (χ0) is 26.9. The van der Waals surface area contributed by atoms with E-state index in [2.05, 4.69) is 0 Å². The number of aromatic carboxylic acids is 2. The number of benzene rings is 2. The number of hydrogen-bond donors (Lipinski definition) is 2. The van der Waals surface area contributed by atoms with Crippen LogP contribution in [-0.2, 0) is 26.4 Å². The molecule has 2 aliphatic carbocycles. The Morgan fingerprint density at radius 2 is 0.974 bits per heavy atom. The first-order valence-electron chi connectivity index (χ1n) is 12.9. The molecule has 39 heavy (non-hydrogen) atoms. The second kappa shape index (κ2) is 12.0. The van der Waals surface area contributed by atoms with Crippen molar-refractivity contribution in [2.45, 2.75) is 61.1 Å². The van der Waals surface area contributed by atoms with E-state index >= 15 is 0 Å². The number of para-hydroxylation sites is 2. The SMILES string of the molecule is O=C(O)c1ccccc1N1C(=O)CSC12CCCC2.O=C(O)c1ccccc1N1C(=O)CSC12CCCC2.[Co]. The van der Waals surface area contributed by atoms with Crippen LogP contribution in [0.15, 0.2) is 48.5 Å². The number of thioether (sulfide) groups is 2. The Balaban J connectivity index is 0.000000176. The zero-order valence-corrected chi connectivity index (χ0v) is 23.9. The van der Waals surface area contributed by atoms with Crippen LogP contribution in [0.4, 0.5) is 11.4 Å². The van der Waals surface area contributed by atoms with Crippen molar-refractivity contribution < 1.29 is 46.2 Å². The molecule has 4 aliphatic rings. The van der Waals surface area contributed by atoms with Crippen LogP contribution in [0.3, 0.4) is 0 Å². The summed E-state index contributed by atoms with van der Waals surface area (Å²) in [4.78, 5) is 50.2. The van der Waals surface area contributed by atoms with Gasteiger partial charge >= 0.3 is 11.9 Å². The molecule has 2 aromatic carbocycles. The number of carbonyl (C=O) groups excluding carboxylic acids is 2. The number of carboxylic acids is 2. The standard InChI is InChI=1S/2C14H15NO3S.Co/c2*16-12-9-19-14(7-3-4-8-14)15(12)11-6-2-1-5-10(11)13(17)18;/h2*1-2,5-6H,3-4,7-9H2,(H,17,18);. The summed E-state index contributed by atoms with van der Waals surface area (Å²) in [6, 6.07) is 13.6. The van der Waals surface area contributed by atoms with Crippen LogP contribution in [-0.4, -0.2) is 55.2 Å². The Bertz CT molecular complexity index is 1180. The van der Waals surface area contributed by atoms with Gasteiger partial charge in [-0.15, -0.1) is 23.5 Å². The number of carbonyl (C=O) groups is 4. The number of rotatable bonds is 4. The van der Waals surface area contributed by atoms with E-state index in [1.807, 2.05) is 0 Å². The molecule has 0 bridgehead atoms. The summed E-state index contributed by atoms with van der Waals surface area (Å²) in [6.07, 6.45) is 8.24. The van der Waals surface area contributed by atoms with Crippen molar-refractivity contribution in [3.63, 3.8) is 0 Å². The first-order chi connectivity index (χ1) is 18.3. The molecule has 2 N–H and O–H groups in total. The fourth-order valence-corrected chi connectivity index (χ4v) is 8.96. The molecule has 4 fully saturated rings. The van der Waals surface area contributed by atoms with Crippen LogP contribution in [0.25, 0.3) is 0 Å². The van der Waals surface area contributed by atoms with Gasteiger partial charge in [-0.05, 0) is 49.9 Å². The Hall–Kier alpha value is -2.47. The minimum Gasteiger partial charge on any atom is -0.478 e. The van der Waals surface area contributed by atoms with Gasteiger partial charge in [0.15, 0.2) is 0 Å². The van der Waals surface area contributed by atoms with Crippen molar-refractivity contribution in [3.8, 4) is 0 Å². The molecular formula is C28H30CoN2O6S2. The maximum absolute atomic E-state index is 12.2. The third-order valence-corrected chi connectivity index (χ3v) is 10.8. The normalized spacial score (nSPS) is 20.7. The first-order valence-corrected chi connectivity index (χ1v) is 14.8. The smallest absolute Gasteiger partial charge is 0.337 e. The molecule has 0 unspecified atom stereocenters. The van der Waals surface area contributed by atoms with Crippen molar-refractivity contribution in [3.05, 3.63) is 59.7 Å². The van der Waals surface area contributed by atoms with E-state index < -0.39 is 11.9 Å². The van der Waals surface area contributed by atoms with Gasteiger partial charge in [0.2, 0.25) is 11.8 Å². The van der Waals surface area contributed by atoms with Crippen molar-refractivity contribution in [2.75, 3.05) is 21.3 Å². The number of amides is 2. The Kier molecular flexibility index (Phi) is 9.04. The number of hydrogen-bond acceptors (Lipinski definition) is 6. The second-order valence-electron chi connectivity index (χ2n) is 9.99. The van der Waals surface area contributed by atoms with E-state index in [4.69, 9.17) is 0 Å². The average molecular weight is 614 g/mol. The fourth-order valence-electron chi connectivity index (χ4n) is 6.10. The maximum atomic E-state index is 12.2. The van der Waals surface area contributed by atoms with Crippen LogP contribution in [0.1, 0.15) is 72.1 Å². The summed E-state index contributed by atoms with van der Waals surface area (Å²) in [6.45, 7) is 0. The molecule has 2 aromatic rings. The van der Waals surface area contributed by atoms with Crippen LogP contribution < -0.4 is 9.80 Å². The van der Waals surface area contributed by atoms with Crippen molar-refractivity contribution in [2.24, 2.45) is 0 Å². The molecule has 2 saturated carbocycles. The summed E-state index contributed by atoms with van der Waals surface area (Å²) in [5.74, 6) is -0.995. The van der Waals surface area contributed by atoms with Gasteiger partial charge in [-0.2, -0.15) is 0 Å². The van der Waals surface area contributed by atoms with Crippen molar-refractivity contribution >= 4 is 58.7 Å². The Morgan fingerprint density at radius 3 is 1.31 bits per heavy atom. The van der Waals surface area contributed by atoms with E-state index in [0.717, 1.165) is 51.4 Å². The van der Waals surface area contributed by atoms with E-state index in [1.54, 1.807) is 81.9 Å². The van der Waals surface area contributed by atoms with E-state index in [9.17, 15) is 29.4 Å². The molecular weight excluding hydrogens is 583 g/mol. The molecule has 2 spiro atoms. The van der Waals surface area contributed by atoms with Gasteiger partial charge in [0.05, 0.1) is 43.7 Å². The molecule has 0 aromatic heterocycles. The summed E-state index contributed by atoms with van der Waals surface area (Å²) in [7, 11) is 0. The molecule has 1 radical (unpaired) electrons. The second-order valence-corrected chi connectivity index (χ2v) is 12.7. The Labute approximate surface area is 246 Å². The zero-order valence-electron chi connectivity index (χ0n) is 21.3. The summed E-state index contributed by atoms with van der Waals surface area (Å²) >= 11 is 3.33. The van der Waals surface area contributed by atoms with Gasteiger partial charge in [-0.1, -0.05) is 49.9 Å². The average Bonchev–Trinajstić information content (AvgIpc) is 3.70. The van der Waals surface area contributed by atoms with Gasteiger partial charge in [0.1, 0.15) is 0 Å². The van der Waals surface area contributed by atoms with Gasteiger partial charge in [-0.25, -0.2) is 9.59 Å². The minimum atomic E-state index is -0.978. The molecule has 209 valence electrons. The summed E-state index contributed by atoms with van der Waals surface area (Å²) in [5.41, 5.74) is 1.52. The van der Waals surface area contributed by atoms with E-state index in [0.29, 0.717) is 22.9 Å². The van der Waals surface area contributed by atoms with Gasteiger partial charge in [0.25, 0.3) is 0 Å². The Morgan fingerprint density at radius 1 is 0.641 bits per heavy atom. The van der Waals surface area contributed by atoms with Gasteiger partial charge < -0.3 is 10.2 Å². The molecule has 2 aliphatic heterocycles. The minimum absolute atomic E-state index is 0. The van der Waals surface area contributed by atoms with Crippen LogP contribution in [0.2, 0.25) is 0 Å². The van der Waals surface area contributed by atoms with Crippen LogP contribution in [0.5, 0.6) is 0 Å². The fraction of sp³-hybridized carbons (Fsp3) is 0.429. The predicted octanol–water partition coefficient (Wildman–Crippen LogP) is 5.47. The quantitative estimate of drug-likeness (QED) is 0.467. The third-order valence-electron chi connectivity index (χ3n) is 7.76. The topological polar surface area (TPSA) is 115 Å². The first kappa shape index (κ1) is 29.5. The number of carboxylic acid groups (broad SMARTS) is 2. The van der Waals surface area contributed by atoms with Crippen molar-refractivity contribution in [1.82, 2.24) is 0 Å².